The van der Waals surface area contributed by atoms with Gasteiger partial charge in [-0.15, -0.1) is 0 Å². The van der Waals surface area contributed by atoms with Crippen LogP contribution in [0.5, 0.6) is 0 Å². The number of amides is 2. The van der Waals surface area contributed by atoms with Gasteiger partial charge < -0.3 is 10.2 Å². The zero-order chi connectivity index (χ0) is 9.47. The van der Waals surface area contributed by atoms with Gasteiger partial charge in [-0.2, -0.15) is 0 Å². The zero-order valence-corrected chi connectivity index (χ0v) is 8.47. The van der Waals surface area contributed by atoms with E-state index in [0.717, 1.165) is 0 Å². The van der Waals surface area contributed by atoms with Gasteiger partial charge in [0.15, 0.2) is 0 Å². The molecular formula is C10H18N2O. The van der Waals surface area contributed by atoms with Crippen molar-refractivity contribution in [3.8, 4) is 0 Å². The van der Waals surface area contributed by atoms with Crippen LogP contribution in [0.25, 0.3) is 0 Å². The molecule has 2 aliphatic rings. The quantitative estimate of drug-likeness (QED) is 0.656. The number of hydrogen-bond acceptors (Lipinski definition) is 1. The number of hydrogen-bond donors (Lipinski definition) is 1. The van der Waals surface area contributed by atoms with Crippen molar-refractivity contribution < 1.29 is 4.79 Å². The van der Waals surface area contributed by atoms with Crippen molar-refractivity contribution in [3.63, 3.8) is 0 Å². The fourth-order valence-corrected chi connectivity index (χ4v) is 2.46. The third-order valence-corrected chi connectivity index (χ3v) is 3.49. The van der Waals surface area contributed by atoms with E-state index < -0.39 is 0 Å². The first-order valence-electron chi connectivity index (χ1n) is 5.12. The average Bonchev–Trinajstić information content (AvgIpc) is 2.54. The molecule has 1 spiro atoms. The molecule has 2 aliphatic carbocycles. The van der Waals surface area contributed by atoms with Gasteiger partial charge in [-0.05, 0) is 24.7 Å². The summed E-state index contributed by atoms with van der Waals surface area (Å²) < 4.78 is 0. The fraction of sp³-hybridized carbons (Fsp3) is 0.900. The molecule has 1 atom stereocenters. The van der Waals surface area contributed by atoms with Crippen molar-refractivity contribution in [1.29, 1.82) is 0 Å². The van der Waals surface area contributed by atoms with Crippen molar-refractivity contribution in [2.45, 2.75) is 38.1 Å². The Bertz CT molecular complexity index is 219. The van der Waals surface area contributed by atoms with Crippen LogP contribution in [0.3, 0.4) is 0 Å². The summed E-state index contributed by atoms with van der Waals surface area (Å²) in [6.07, 6.45) is 6.58. The Morgan fingerprint density at radius 2 is 2.00 bits per heavy atom. The molecule has 74 valence electrons. The summed E-state index contributed by atoms with van der Waals surface area (Å²) in [4.78, 5) is 13.0. The Balaban J connectivity index is 1.83. The number of urea groups is 1. The highest BCUT2D eigenvalue weighted by atomic mass is 16.2. The Labute approximate surface area is 79.5 Å². The molecule has 0 saturated heterocycles. The first kappa shape index (κ1) is 8.85. The minimum Gasteiger partial charge on any atom is -0.335 e. The van der Waals surface area contributed by atoms with Gasteiger partial charge in [0.05, 0.1) is 0 Å². The molecule has 0 aromatic rings. The summed E-state index contributed by atoms with van der Waals surface area (Å²) in [5, 5.41) is 3.07. The number of rotatable bonds is 1. The molecule has 3 heteroatoms. The van der Waals surface area contributed by atoms with E-state index in [1.54, 1.807) is 19.0 Å². The second-order valence-electron chi connectivity index (χ2n) is 4.67. The largest absolute Gasteiger partial charge is 0.335 e. The van der Waals surface area contributed by atoms with Crippen LogP contribution < -0.4 is 5.32 Å². The van der Waals surface area contributed by atoms with Crippen LogP contribution in [-0.4, -0.2) is 31.1 Å². The van der Waals surface area contributed by atoms with Gasteiger partial charge >= 0.3 is 6.03 Å². The van der Waals surface area contributed by atoms with E-state index >= 15 is 0 Å². The van der Waals surface area contributed by atoms with Crippen molar-refractivity contribution >= 4 is 6.03 Å². The average molecular weight is 182 g/mol. The number of carbonyl (C=O) groups excluding carboxylic acids is 1. The lowest BCUT2D eigenvalue weighted by atomic mass is 10.1. The number of nitrogens with one attached hydrogen (secondary N) is 1. The Hall–Kier alpha value is -0.730. The van der Waals surface area contributed by atoms with Crippen molar-refractivity contribution in [1.82, 2.24) is 10.2 Å². The molecule has 0 bridgehead atoms. The van der Waals surface area contributed by atoms with Gasteiger partial charge in [-0.1, -0.05) is 12.8 Å². The molecule has 1 N–H and O–H groups in total. The maximum Gasteiger partial charge on any atom is 0.317 e. The van der Waals surface area contributed by atoms with Gasteiger partial charge in [-0.25, -0.2) is 4.79 Å². The summed E-state index contributed by atoms with van der Waals surface area (Å²) >= 11 is 0. The summed E-state index contributed by atoms with van der Waals surface area (Å²) in [5.41, 5.74) is 0.520. The van der Waals surface area contributed by atoms with Crippen molar-refractivity contribution in [2.24, 2.45) is 5.41 Å². The van der Waals surface area contributed by atoms with Crippen LogP contribution in [0.15, 0.2) is 0 Å². The van der Waals surface area contributed by atoms with Crippen molar-refractivity contribution in [2.75, 3.05) is 14.1 Å². The lowest BCUT2D eigenvalue weighted by Crippen LogP contribution is -2.37. The summed E-state index contributed by atoms with van der Waals surface area (Å²) in [7, 11) is 3.58. The Morgan fingerprint density at radius 3 is 2.54 bits per heavy atom. The molecule has 2 amide bonds. The maximum absolute atomic E-state index is 11.3. The van der Waals surface area contributed by atoms with Crippen LogP contribution in [0.1, 0.15) is 32.1 Å². The SMILES string of the molecule is CN(C)C(=O)NC1CC12CCCC2. The van der Waals surface area contributed by atoms with Gasteiger partial charge in [0.1, 0.15) is 0 Å². The highest BCUT2D eigenvalue weighted by Gasteiger charge is 2.55. The van der Waals surface area contributed by atoms with Gasteiger partial charge in [0.25, 0.3) is 0 Å². The normalized spacial score (nSPS) is 28.9. The Morgan fingerprint density at radius 1 is 1.38 bits per heavy atom. The van der Waals surface area contributed by atoms with Crippen LogP contribution in [0.4, 0.5) is 4.79 Å². The second kappa shape index (κ2) is 2.89. The Kier molecular flexibility index (Phi) is 1.97. The predicted octanol–water partition coefficient (Wildman–Crippen LogP) is 1.59. The molecule has 0 heterocycles. The van der Waals surface area contributed by atoms with Crippen LogP contribution >= 0.6 is 0 Å². The third-order valence-electron chi connectivity index (χ3n) is 3.49. The lowest BCUT2D eigenvalue weighted by molar-refractivity contribution is 0.215. The van der Waals surface area contributed by atoms with E-state index in [9.17, 15) is 4.79 Å². The molecule has 2 fully saturated rings. The first-order valence-corrected chi connectivity index (χ1v) is 5.12. The van der Waals surface area contributed by atoms with Gasteiger partial charge in [-0.3, -0.25) is 0 Å². The van der Waals surface area contributed by atoms with E-state index in [2.05, 4.69) is 5.32 Å². The molecule has 2 rings (SSSR count). The van der Waals surface area contributed by atoms with E-state index in [1.165, 1.54) is 32.1 Å². The predicted molar refractivity (Wildman–Crippen MR) is 51.5 cm³/mol. The van der Waals surface area contributed by atoms with E-state index in [4.69, 9.17) is 0 Å². The van der Waals surface area contributed by atoms with Crippen LogP contribution in [-0.2, 0) is 0 Å². The summed E-state index contributed by atoms with van der Waals surface area (Å²) in [6, 6.07) is 0.540. The molecular weight excluding hydrogens is 164 g/mol. The zero-order valence-electron chi connectivity index (χ0n) is 8.47. The monoisotopic (exact) mass is 182 g/mol. The summed E-state index contributed by atoms with van der Waals surface area (Å²) in [6.45, 7) is 0. The van der Waals surface area contributed by atoms with Crippen LogP contribution in [0, 0.1) is 5.41 Å². The molecule has 0 aromatic carbocycles. The molecule has 1 unspecified atom stereocenters. The smallest absolute Gasteiger partial charge is 0.317 e. The van der Waals surface area contributed by atoms with E-state index in [0.29, 0.717) is 11.5 Å². The first-order chi connectivity index (χ1) is 6.14. The molecule has 0 radical (unpaired) electrons. The van der Waals surface area contributed by atoms with E-state index in [-0.39, 0.29) is 6.03 Å². The number of carbonyl (C=O) groups is 1. The third kappa shape index (κ3) is 1.52. The standard InChI is InChI=1S/C10H18N2O/c1-12(2)9(13)11-8-7-10(8)5-3-4-6-10/h8H,3-7H2,1-2H3,(H,11,13). The minimum absolute atomic E-state index is 0.0637. The number of nitrogens with zero attached hydrogens (tertiary/aromatic N) is 1. The fourth-order valence-electron chi connectivity index (χ4n) is 2.46. The minimum atomic E-state index is 0.0637. The highest BCUT2D eigenvalue weighted by molar-refractivity contribution is 5.74. The summed E-state index contributed by atoms with van der Waals surface area (Å²) in [5.74, 6) is 0. The van der Waals surface area contributed by atoms with Gasteiger partial charge in [0, 0.05) is 20.1 Å². The van der Waals surface area contributed by atoms with Gasteiger partial charge in [0.2, 0.25) is 0 Å². The van der Waals surface area contributed by atoms with E-state index in [1.807, 2.05) is 0 Å². The topological polar surface area (TPSA) is 32.3 Å². The molecule has 0 aliphatic heterocycles. The molecule has 3 nitrogen and oxygen atoms in total. The molecule has 0 aromatic heterocycles. The van der Waals surface area contributed by atoms with Crippen molar-refractivity contribution in [3.05, 3.63) is 0 Å². The lowest BCUT2D eigenvalue weighted by Gasteiger charge is -2.14. The second-order valence-corrected chi connectivity index (χ2v) is 4.67. The highest BCUT2D eigenvalue weighted by Crippen LogP contribution is 2.57. The maximum atomic E-state index is 11.3. The molecule has 2 saturated carbocycles. The molecule has 13 heavy (non-hydrogen) atoms. The van der Waals surface area contributed by atoms with Crippen LogP contribution in [0.2, 0.25) is 0 Å².